The summed E-state index contributed by atoms with van der Waals surface area (Å²) in [6, 6.07) is 25.0. The summed E-state index contributed by atoms with van der Waals surface area (Å²) in [7, 11) is 0. The molecule has 2 aromatic carbocycles. The van der Waals surface area contributed by atoms with Gasteiger partial charge in [-0.1, -0.05) is 60.7 Å². The minimum Gasteiger partial charge on any atom is -0.371 e. The van der Waals surface area contributed by atoms with Gasteiger partial charge in [-0.25, -0.2) is 4.52 Å². The fourth-order valence-electron chi connectivity index (χ4n) is 3.89. The Morgan fingerprint density at radius 1 is 0.966 bits per heavy atom. The van der Waals surface area contributed by atoms with E-state index in [4.69, 9.17) is 10.5 Å². The van der Waals surface area contributed by atoms with Crippen molar-refractivity contribution in [2.75, 3.05) is 25.4 Å². The molecule has 1 aliphatic heterocycles. The number of nitrogen functional groups attached to an aromatic ring is 1. The van der Waals surface area contributed by atoms with Crippen molar-refractivity contribution >= 4 is 11.6 Å². The molecule has 1 fully saturated rings. The Morgan fingerprint density at radius 3 is 2.62 bits per heavy atom. The molecule has 6 heteroatoms. The Labute approximate surface area is 169 Å². The van der Waals surface area contributed by atoms with Crippen LogP contribution in [0.5, 0.6) is 0 Å². The molecule has 5 rings (SSSR count). The third-order valence-electron chi connectivity index (χ3n) is 5.35. The van der Waals surface area contributed by atoms with E-state index in [2.05, 4.69) is 63.5 Å². The van der Waals surface area contributed by atoms with Crippen LogP contribution in [0, 0.1) is 0 Å². The summed E-state index contributed by atoms with van der Waals surface area (Å²) in [4.78, 5) is 6.69. The topological polar surface area (TPSA) is 68.7 Å². The van der Waals surface area contributed by atoms with Crippen LogP contribution in [-0.2, 0) is 11.3 Å². The highest BCUT2D eigenvalue weighted by atomic mass is 16.5. The monoisotopic (exact) mass is 385 g/mol. The summed E-state index contributed by atoms with van der Waals surface area (Å²) >= 11 is 0. The van der Waals surface area contributed by atoms with Gasteiger partial charge < -0.3 is 10.5 Å². The summed E-state index contributed by atoms with van der Waals surface area (Å²) in [5, 5.41) is 4.30. The van der Waals surface area contributed by atoms with Crippen LogP contribution in [0.4, 0.5) is 5.95 Å². The molecule has 146 valence electrons. The van der Waals surface area contributed by atoms with Crippen LogP contribution in [-0.4, -0.2) is 39.2 Å². The van der Waals surface area contributed by atoms with Gasteiger partial charge in [0.1, 0.15) is 0 Å². The number of benzene rings is 2. The highest BCUT2D eigenvalue weighted by Crippen LogP contribution is 2.25. The van der Waals surface area contributed by atoms with Gasteiger partial charge in [-0.05, 0) is 23.3 Å². The normalized spacial score (nSPS) is 17.6. The first-order valence-corrected chi connectivity index (χ1v) is 9.86. The second kappa shape index (κ2) is 7.66. The third-order valence-corrected chi connectivity index (χ3v) is 5.35. The minimum atomic E-state index is 0.139. The van der Waals surface area contributed by atoms with Gasteiger partial charge in [0.15, 0.2) is 5.65 Å². The van der Waals surface area contributed by atoms with Gasteiger partial charge in [0.25, 0.3) is 0 Å². The van der Waals surface area contributed by atoms with Gasteiger partial charge in [-0.15, -0.1) is 5.10 Å². The van der Waals surface area contributed by atoms with Crippen molar-refractivity contribution < 1.29 is 4.74 Å². The number of nitrogens with zero attached hydrogens (tertiary/aromatic N) is 4. The Hall–Kier alpha value is -3.22. The zero-order valence-electron chi connectivity index (χ0n) is 16.1. The van der Waals surface area contributed by atoms with Crippen LogP contribution in [0.2, 0.25) is 0 Å². The molecule has 0 radical (unpaired) electrons. The van der Waals surface area contributed by atoms with E-state index in [1.807, 2.05) is 24.3 Å². The number of anilines is 1. The van der Waals surface area contributed by atoms with Crippen molar-refractivity contribution in [2.45, 2.75) is 12.6 Å². The third kappa shape index (κ3) is 3.72. The lowest BCUT2D eigenvalue weighted by Crippen LogP contribution is -2.37. The van der Waals surface area contributed by atoms with Crippen molar-refractivity contribution in [1.82, 2.24) is 19.5 Å². The zero-order chi connectivity index (χ0) is 19.6. The van der Waals surface area contributed by atoms with E-state index in [0.717, 1.165) is 43.1 Å². The van der Waals surface area contributed by atoms with Crippen molar-refractivity contribution in [1.29, 1.82) is 0 Å². The van der Waals surface area contributed by atoms with E-state index in [9.17, 15) is 0 Å². The maximum atomic E-state index is 5.98. The summed E-state index contributed by atoms with van der Waals surface area (Å²) < 4.78 is 7.77. The first-order valence-electron chi connectivity index (χ1n) is 9.86. The van der Waals surface area contributed by atoms with E-state index in [1.54, 1.807) is 4.52 Å². The average molecular weight is 385 g/mol. The second-order valence-corrected chi connectivity index (χ2v) is 7.35. The van der Waals surface area contributed by atoms with Crippen LogP contribution in [0.25, 0.3) is 16.9 Å². The standard InChI is InChI=1S/C23H23N5O/c24-23-25-22-8-4-7-20(28(22)26-23)18-11-9-17(10-12-18)15-27-13-14-29-21(16-27)19-5-2-1-3-6-19/h1-12,21H,13-16H2,(H2,24,26). The Bertz CT molecular complexity index is 1110. The van der Waals surface area contributed by atoms with Crippen molar-refractivity contribution in [2.24, 2.45) is 0 Å². The van der Waals surface area contributed by atoms with Gasteiger partial charge >= 0.3 is 0 Å². The van der Waals surface area contributed by atoms with Gasteiger partial charge in [0.2, 0.25) is 5.95 Å². The molecule has 29 heavy (non-hydrogen) atoms. The van der Waals surface area contributed by atoms with Gasteiger partial charge in [0, 0.05) is 25.2 Å². The smallest absolute Gasteiger partial charge is 0.240 e. The molecular formula is C23H23N5O. The number of rotatable bonds is 4. The van der Waals surface area contributed by atoms with E-state index in [1.165, 1.54) is 11.1 Å². The molecule has 1 unspecified atom stereocenters. The largest absolute Gasteiger partial charge is 0.371 e. The van der Waals surface area contributed by atoms with Crippen LogP contribution in [0.1, 0.15) is 17.2 Å². The lowest BCUT2D eigenvalue weighted by molar-refractivity contribution is -0.0329. The number of aromatic nitrogens is 3. The first-order chi connectivity index (χ1) is 14.3. The maximum absolute atomic E-state index is 5.98. The number of hydrogen-bond donors (Lipinski definition) is 1. The summed E-state index contributed by atoms with van der Waals surface area (Å²) in [5.41, 5.74) is 11.1. The summed E-state index contributed by atoms with van der Waals surface area (Å²) in [6.07, 6.45) is 0.139. The molecule has 4 aromatic rings. The van der Waals surface area contributed by atoms with Crippen molar-refractivity contribution in [3.05, 3.63) is 83.9 Å². The fraction of sp³-hybridized carbons (Fsp3) is 0.217. The number of hydrogen-bond acceptors (Lipinski definition) is 5. The first kappa shape index (κ1) is 17.8. The molecule has 6 nitrogen and oxygen atoms in total. The molecule has 2 N–H and O–H groups in total. The molecule has 0 spiro atoms. The Morgan fingerprint density at radius 2 is 1.79 bits per heavy atom. The highest BCUT2D eigenvalue weighted by Gasteiger charge is 2.21. The Balaban J connectivity index is 1.31. The maximum Gasteiger partial charge on any atom is 0.240 e. The minimum absolute atomic E-state index is 0.139. The Kier molecular flexibility index (Phi) is 4.71. The SMILES string of the molecule is Nc1nc2cccc(-c3ccc(CN4CCOC(c5ccccc5)C4)cc3)n2n1. The number of pyridine rings is 1. The van der Waals surface area contributed by atoms with E-state index < -0.39 is 0 Å². The summed E-state index contributed by atoms with van der Waals surface area (Å²) in [6.45, 7) is 3.52. The molecule has 0 saturated carbocycles. The van der Waals surface area contributed by atoms with Gasteiger partial charge in [-0.3, -0.25) is 4.90 Å². The fourth-order valence-corrected chi connectivity index (χ4v) is 3.89. The van der Waals surface area contributed by atoms with E-state index >= 15 is 0 Å². The molecular weight excluding hydrogens is 362 g/mol. The zero-order valence-corrected chi connectivity index (χ0v) is 16.1. The number of morpholine rings is 1. The van der Waals surface area contributed by atoms with Crippen molar-refractivity contribution in [3.63, 3.8) is 0 Å². The van der Waals surface area contributed by atoms with Crippen LogP contribution < -0.4 is 5.73 Å². The quantitative estimate of drug-likeness (QED) is 0.582. The van der Waals surface area contributed by atoms with Crippen LogP contribution >= 0.6 is 0 Å². The number of ether oxygens (including phenoxy) is 1. The molecule has 0 amide bonds. The molecule has 1 saturated heterocycles. The average Bonchev–Trinajstić information content (AvgIpc) is 3.15. The summed E-state index contributed by atoms with van der Waals surface area (Å²) in [5.74, 6) is 0.286. The molecule has 1 aliphatic rings. The van der Waals surface area contributed by atoms with Gasteiger partial charge in [-0.2, -0.15) is 4.98 Å². The van der Waals surface area contributed by atoms with Crippen LogP contribution in [0.3, 0.4) is 0 Å². The molecule has 0 bridgehead atoms. The van der Waals surface area contributed by atoms with Gasteiger partial charge in [0.05, 0.1) is 18.4 Å². The number of nitrogens with two attached hydrogens (primary N) is 1. The van der Waals surface area contributed by atoms with Crippen LogP contribution in [0.15, 0.2) is 72.8 Å². The van der Waals surface area contributed by atoms with E-state index in [0.29, 0.717) is 0 Å². The highest BCUT2D eigenvalue weighted by molar-refractivity contribution is 5.63. The lowest BCUT2D eigenvalue weighted by Gasteiger charge is -2.33. The van der Waals surface area contributed by atoms with E-state index in [-0.39, 0.29) is 12.1 Å². The predicted molar refractivity (Wildman–Crippen MR) is 113 cm³/mol. The number of fused-ring (bicyclic) bond motifs is 1. The molecule has 3 heterocycles. The molecule has 0 aliphatic carbocycles. The van der Waals surface area contributed by atoms with Crippen molar-refractivity contribution in [3.8, 4) is 11.3 Å². The lowest BCUT2D eigenvalue weighted by atomic mass is 10.1. The molecule has 2 aromatic heterocycles. The molecule has 1 atom stereocenters. The predicted octanol–water partition coefficient (Wildman–Crippen LogP) is 3.55. The second-order valence-electron chi connectivity index (χ2n) is 7.35.